The number of carboxylic acid groups (broad SMARTS) is 2. The van der Waals surface area contributed by atoms with Gasteiger partial charge in [-0.05, 0) is 11.4 Å². The minimum Gasteiger partial charge on any atom is -0.481 e. The van der Waals surface area contributed by atoms with E-state index in [9.17, 15) is 14.4 Å². The van der Waals surface area contributed by atoms with E-state index in [1.807, 2.05) is 17.5 Å². The molecule has 1 aromatic heterocycles. The summed E-state index contributed by atoms with van der Waals surface area (Å²) in [5.41, 5.74) is 0. The van der Waals surface area contributed by atoms with Crippen LogP contribution in [0.2, 0.25) is 0 Å². The Morgan fingerprint density at radius 2 is 2.06 bits per heavy atom. The first-order chi connectivity index (χ1) is 8.49. The maximum absolute atomic E-state index is 11.4. The van der Waals surface area contributed by atoms with Gasteiger partial charge in [0.15, 0.2) is 0 Å². The standard InChI is InChI=1S/C10H12N2O5S/c13-8(14)4-7(9(15)16)12-10(17)11-5-6-2-1-3-18-6/h1-3,7H,4-5H2,(H,13,14)(H,15,16)(H2,11,12,17). The molecule has 7 nitrogen and oxygen atoms in total. The first kappa shape index (κ1) is 14.0. The minimum atomic E-state index is -1.44. The molecule has 0 bridgehead atoms. The van der Waals surface area contributed by atoms with Crippen LogP contribution >= 0.6 is 11.3 Å². The highest BCUT2D eigenvalue weighted by Gasteiger charge is 2.22. The van der Waals surface area contributed by atoms with Gasteiger partial charge in [-0.15, -0.1) is 11.3 Å². The second-order valence-electron chi connectivity index (χ2n) is 3.40. The monoisotopic (exact) mass is 272 g/mol. The van der Waals surface area contributed by atoms with Crippen molar-refractivity contribution in [3.05, 3.63) is 22.4 Å². The van der Waals surface area contributed by atoms with Crippen molar-refractivity contribution in [2.24, 2.45) is 0 Å². The molecule has 8 heteroatoms. The van der Waals surface area contributed by atoms with Crippen molar-refractivity contribution in [1.82, 2.24) is 10.6 Å². The second kappa shape index (κ2) is 6.60. The molecule has 0 radical (unpaired) electrons. The van der Waals surface area contributed by atoms with Gasteiger partial charge in [0.2, 0.25) is 0 Å². The van der Waals surface area contributed by atoms with Crippen LogP contribution in [0.5, 0.6) is 0 Å². The lowest BCUT2D eigenvalue weighted by atomic mass is 10.2. The average Bonchev–Trinajstić information content (AvgIpc) is 2.77. The third-order valence-electron chi connectivity index (χ3n) is 1.99. The van der Waals surface area contributed by atoms with E-state index in [4.69, 9.17) is 10.2 Å². The van der Waals surface area contributed by atoms with Crippen LogP contribution in [0.1, 0.15) is 11.3 Å². The Kier molecular flexibility index (Phi) is 5.12. The number of thiophene rings is 1. The Hall–Kier alpha value is -2.09. The summed E-state index contributed by atoms with van der Waals surface area (Å²) in [5.74, 6) is -2.68. The van der Waals surface area contributed by atoms with Crippen LogP contribution in [0, 0.1) is 0 Å². The van der Waals surface area contributed by atoms with Gasteiger partial charge in [-0.2, -0.15) is 0 Å². The zero-order valence-electron chi connectivity index (χ0n) is 9.25. The highest BCUT2D eigenvalue weighted by Crippen LogP contribution is 2.07. The van der Waals surface area contributed by atoms with Crippen LogP contribution in [0.15, 0.2) is 17.5 Å². The van der Waals surface area contributed by atoms with Gasteiger partial charge in [0.1, 0.15) is 6.04 Å². The molecule has 18 heavy (non-hydrogen) atoms. The molecular weight excluding hydrogens is 260 g/mol. The van der Waals surface area contributed by atoms with Crippen molar-refractivity contribution in [2.75, 3.05) is 0 Å². The molecule has 0 saturated carbocycles. The largest absolute Gasteiger partial charge is 0.481 e. The fraction of sp³-hybridized carbons (Fsp3) is 0.300. The molecule has 0 spiro atoms. The van der Waals surface area contributed by atoms with Crippen molar-refractivity contribution < 1.29 is 24.6 Å². The molecule has 1 atom stereocenters. The zero-order valence-corrected chi connectivity index (χ0v) is 10.1. The Balaban J connectivity index is 2.41. The number of rotatable bonds is 6. The molecule has 0 aliphatic carbocycles. The quantitative estimate of drug-likeness (QED) is 0.601. The van der Waals surface area contributed by atoms with Crippen LogP contribution in [0.4, 0.5) is 4.79 Å². The third-order valence-corrected chi connectivity index (χ3v) is 2.86. The van der Waals surface area contributed by atoms with Crippen LogP contribution in [0.3, 0.4) is 0 Å². The van der Waals surface area contributed by atoms with E-state index in [0.717, 1.165) is 4.88 Å². The molecule has 0 aromatic carbocycles. The number of aliphatic carboxylic acids is 2. The lowest BCUT2D eigenvalue weighted by Crippen LogP contribution is -2.46. The number of hydrogen-bond acceptors (Lipinski definition) is 4. The molecule has 2 amide bonds. The van der Waals surface area contributed by atoms with Crippen LogP contribution in [0.25, 0.3) is 0 Å². The molecule has 0 aliphatic heterocycles. The van der Waals surface area contributed by atoms with Crippen LogP contribution in [-0.2, 0) is 16.1 Å². The number of carbonyl (C=O) groups excluding carboxylic acids is 1. The van der Waals surface area contributed by atoms with Gasteiger partial charge >= 0.3 is 18.0 Å². The van der Waals surface area contributed by atoms with E-state index in [0.29, 0.717) is 0 Å². The summed E-state index contributed by atoms with van der Waals surface area (Å²) < 4.78 is 0. The van der Waals surface area contributed by atoms with Gasteiger partial charge in [0, 0.05) is 4.88 Å². The predicted octanol–water partition coefficient (Wildman–Crippen LogP) is 0.475. The minimum absolute atomic E-state index is 0.267. The highest BCUT2D eigenvalue weighted by molar-refractivity contribution is 7.09. The third kappa shape index (κ3) is 4.83. The van der Waals surface area contributed by atoms with E-state index in [1.54, 1.807) is 0 Å². The zero-order chi connectivity index (χ0) is 13.5. The summed E-state index contributed by atoms with van der Waals surface area (Å²) in [6.07, 6.45) is -0.665. The van der Waals surface area contributed by atoms with Gasteiger partial charge < -0.3 is 20.8 Å². The van der Waals surface area contributed by atoms with Crippen molar-refractivity contribution in [3.8, 4) is 0 Å². The number of carbonyl (C=O) groups is 3. The van der Waals surface area contributed by atoms with Gasteiger partial charge in [-0.1, -0.05) is 6.07 Å². The van der Waals surface area contributed by atoms with Gasteiger partial charge in [-0.3, -0.25) is 4.79 Å². The molecule has 1 aromatic rings. The predicted molar refractivity (Wildman–Crippen MR) is 63.4 cm³/mol. The fourth-order valence-corrected chi connectivity index (χ4v) is 1.81. The number of amides is 2. The Bertz CT molecular complexity index is 431. The Morgan fingerprint density at radius 1 is 1.33 bits per heavy atom. The number of nitrogens with one attached hydrogen (secondary N) is 2. The molecule has 98 valence electrons. The van der Waals surface area contributed by atoms with Crippen molar-refractivity contribution in [2.45, 2.75) is 19.0 Å². The van der Waals surface area contributed by atoms with E-state index in [2.05, 4.69) is 10.6 Å². The van der Waals surface area contributed by atoms with E-state index >= 15 is 0 Å². The summed E-state index contributed by atoms with van der Waals surface area (Å²) in [6.45, 7) is 0.267. The van der Waals surface area contributed by atoms with Crippen LogP contribution < -0.4 is 10.6 Å². The second-order valence-corrected chi connectivity index (χ2v) is 4.43. The van der Waals surface area contributed by atoms with Gasteiger partial charge in [0.05, 0.1) is 13.0 Å². The summed E-state index contributed by atoms with van der Waals surface area (Å²) in [5, 5.41) is 23.6. The molecule has 1 rings (SSSR count). The normalized spacial score (nSPS) is 11.6. The number of urea groups is 1. The smallest absolute Gasteiger partial charge is 0.326 e. The maximum Gasteiger partial charge on any atom is 0.326 e. The molecule has 1 unspecified atom stereocenters. The first-order valence-corrected chi connectivity index (χ1v) is 5.88. The molecule has 4 N–H and O–H groups in total. The number of hydrogen-bond donors (Lipinski definition) is 4. The molecule has 1 heterocycles. The summed E-state index contributed by atoms with van der Waals surface area (Å²) >= 11 is 1.45. The summed E-state index contributed by atoms with van der Waals surface area (Å²) in [6, 6.07) is 1.49. The van der Waals surface area contributed by atoms with E-state index in [1.165, 1.54) is 11.3 Å². The summed E-state index contributed by atoms with van der Waals surface area (Å²) in [7, 11) is 0. The van der Waals surface area contributed by atoms with Gasteiger partial charge in [-0.25, -0.2) is 9.59 Å². The molecule has 0 aliphatic rings. The van der Waals surface area contributed by atoms with Crippen molar-refractivity contribution >= 4 is 29.3 Å². The lowest BCUT2D eigenvalue weighted by Gasteiger charge is -2.12. The topological polar surface area (TPSA) is 116 Å². The first-order valence-electron chi connectivity index (χ1n) is 5.00. The summed E-state index contributed by atoms with van der Waals surface area (Å²) in [4.78, 5) is 33.4. The molecular formula is C10H12N2O5S. The van der Waals surface area contributed by atoms with E-state index in [-0.39, 0.29) is 6.54 Å². The van der Waals surface area contributed by atoms with Crippen molar-refractivity contribution in [1.29, 1.82) is 0 Å². The van der Waals surface area contributed by atoms with Crippen LogP contribution in [-0.4, -0.2) is 34.2 Å². The van der Waals surface area contributed by atoms with Crippen molar-refractivity contribution in [3.63, 3.8) is 0 Å². The Labute approximate surface area is 106 Å². The number of carboxylic acids is 2. The highest BCUT2D eigenvalue weighted by atomic mass is 32.1. The average molecular weight is 272 g/mol. The fourth-order valence-electron chi connectivity index (χ4n) is 1.16. The molecule has 0 fully saturated rings. The Morgan fingerprint density at radius 3 is 2.56 bits per heavy atom. The van der Waals surface area contributed by atoms with E-state index < -0.39 is 30.4 Å². The molecule has 0 saturated heterocycles. The SMILES string of the molecule is O=C(O)CC(NC(=O)NCc1cccs1)C(=O)O. The maximum atomic E-state index is 11.4. The van der Waals surface area contributed by atoms with Gasteiger partial charge in [0.25, 0.3) is 0 Å². The lowest BCUT2D eigenvalue weighted by molar-refractivity contribution is -0.145.